The first-order valence-corrected chi connectivity index (χ1v) is 7.74. The molecule has 0 saturated heterocycles. The second kappa shape index (κ2) is 8.53. The van der Waals surface area contributed by atoms with E-state index in [1.807, 2.05) is 26.0 Å². The summed E-state index contributed by atoms with van der Waals surface area (Å²) in [5.41, 5.74) is 6.86. The van der Waals surface area contributed by atoms with Crippen LogP contribution >= 0.6 is 0 Å². The summed E-state index contributed by atoms with van der Waals surface area (Å²) in [5, 5.41) is 10.7. The minimum atomic E-state index is -0.00199. The van der Waals surface area contributed by atoms with Crippen LogP contribution in [0.15, 0.2) is 40.9 Å². The van der Waals surface area contributed by atoms with Gasteiger partial charge in [0.15, 0.2) is 0 Å². The van der Waals surface area contributed by atoms with Crippen molar-refractivity contribution in [2.45, 2.75) is 13.8 Å². The van der Waals surface area contributed by atoms with Crippen LogP contribution in [0.4, 0.5) is 17.5 Å². The lowest BCUT2D eigenvalue weighted by molar-refractivity contribution is 0.395. The molecule has 132 valence electrons. The lowest BCUT2D eigenvalue weighted by Gasteiger charge is -2.11. The van der Waals surface area contributed by atoms with Gasteiger partial charge in [0.2, 0.25) is 0 Å². The maximum absolute atomic E-state index is 5.48. The topological polar surface area (TPSA) is 108 Å². The fourth-order valence-corrected chi connectivity index (χ4v) is 2.04. The van der Waals surface area contributed by atoms with Crippen LogP contribution in [0.3, 0.4) is 0 Å². The molecule has 0 aliphatic heterocycles. The Bertz CT molecular complexity index is 797. The van der Waals surface area contributed by atoms with Crippen LogP contribution in [0.5, 0.6) is 11.5 Å². The Morgan fingerprint density at radius 1 is 1.04 bits per heavy atom. The molecule has 1 aromatic carbocycles. The van der Waals surface area contributed by atoms with Crippen LogP contribution in [-0.2, 0) is 0 Å². The van der Waals surface area contributed by atoms with E-state index >= 15 is 0 Å². The van der Waals surface area contributed by atoms with Crippen molar-refractivity contribution < 1.29 is 13.9 Å². The van der Waals surface area contributed by atoms with E-state index in [1.165, 1.54) is 0 Å². The van der Waals surface area contributed by atoms with Crippen molar-refractivity contribution in [3.05, 3.63) is 36.5 Å². The van der Waals surface area contributed by atoms with Gasteiger partial charge in [-0.25, -0.2) is 4.98 Å². The molecule has 0 radical (unpaired) electrons. The van der Waals surface area contributed by atoms with E-state index in [-0.39, 0.29) is 11.9 Å². The molecule has 0 unspecified atom stereocenters. The number of hydrogen-bond donors (Lipinski definition) is 2. The highest BCUT2D eigenvalue weighted by molar-refractivity contribution is 5.74. The van der Waals surface area contributed by atoms with Gasteiger partial charge in [-0.1, -0.05) is 18.9 Å². The van der Waals surface area contributed by atoms with E-state index in [0.29, 0.717) is 22.9 Å². The molecule has 2 aromatic heterocycles. The lowest BCUT2D eigenvalue weighted by Crippen LogP contribution is -1.98. The molecule has 0 amide bonds. The summed E-state index contributed by atoms with van der Waals surface area (Å²) in [6.07, 6.45) is 1.66. The Balaban J connectivity index is 0.00000109. The Morgan fingerprint density at radius 2 is 1.72 bits per heavy atom. The van der Waals surface area contributed by atoms with Crippen molar-refractivity contribution in [3.8, 4) is 23.0 Å². The van der Waals surface area contributed by atoms with Gasteiger partial charge in [0.05, 0.1) is 19.8 Å². The van der Waals surface area contributed by atoms with Crippen molar-refractivity contribution in [2.24, 2.45) is 0 Å². The quantitative estimate of drug-likeness (QED) is 0.724. The molecular formula is C17H21N5O3. The number of aromatic nitrogens is 3. The lowest BCUT2D eigenvalue weighted by atomic mass is 10.2. The second-order valence-corrected chi connectivity index (χ2v) is 4.57. The largest absolute Gasteiger partial charge is 0.497 e. The highest BCUT2D eigenvalue weighted by atomic mass is 16.5. The minimum absolute atomic E-state index is 0.00199. The van der Waals surface area contributed by atoms with Gasteiger partial charge in [0.1, 0.15) is 17.3 Å². The Labute approximate surface area is 146 Å². The van der Waals surface area contributed by atoms with Gasteiger partial charge in [-0.15, -0.1) is 5.10 Å². The van der Waals surface area contributed by atoms with E-state index in [1.54, 1.807) is 38.6 Å². The number of ether oxygens (including phenoxy) is 2. The molecule has 0 atom stereocenters. The highest BCUT2D eigenvalue weighted by Gasteiger charge is 2.13. The monoisotopic (exact) mass is 343 g/mol. The Morgan fingerprint density at radius 3 is 2.28 bits per heavy atom. The smallest absolute Gasteiger partial charge is 0.313 e. The second-order valence-electron chi connectivity index (χ2n) is 4.57. The first-order valence-electron chi connectivity index (χ1n) is 7.74. The molecule has 0 aliphatic carbocycles. The molecule has 8 nitrogen and oxygen atoms in total. The van der Waals surface area contributed by atoms with E-state index < -0.39 is 0 Å². The van der Waals surface area contributed by atoms with Crippen LogP contribution in [0.2, 0.25) is 0 Å². The predicted molar refractivity (Wildman–Crippen MR) is 96.1 cm³/mol. The molecular weight excluding hydrogens is 322 g/mol. The van der Waals surface area contributed by atoms with E-state index in [9.17, 15) is 0 Å². The molecule has 0 bridgehead atoms. The number of nitrogens with one attached hydrogen (secondary N) is 1. The fourth-order valence-electron chi connectivity index (χ4n) is 2.04. The van der Waals surface area contributed by atoms with E-state index in [4.69, 9.17) is 19.6 Å². The molecule has 0 spiro atoms. The molecule has 8 heteroatoms. The first-order chi connectivity index (χ1) is 12.2. The number of pyridine rings is 1. The number of anilines is 3. The maximum atomic E-state index is 5.48. The molecule has 2 heterocycles. The van der Waals surface area contributed by atoms with Gasteiger partial charge in [0, 0.05) is 30.1 Å². The third-order valence-electron chi connectivity index (χ3n) is 3.09. The van der Waals surface area contributed by atoms with Crippen molar-refractivity contribution in [1.29, 1.82) is 0 Å². The highest BCUT2D eigenvalue weighted by Crippen LogP contribution is 2.31. The number of hydrogen-bond acceptors (Lipinski definition) is 8. The zero-order valence-electron chi connectivity index (χ0n) is 14.6. The van der Waals surface area contributed by atoms with Gasteiger partial charge in [0.25, 0.3) is 5.89 Å². The maximum Gasteiger partial charge on any atom is 0.313 e. The molecule has 25 heavy (non-hydrogen) atoms. The number of benzene rings is 1. The van der Waals surface area contributed by atoms with Crippen molar-refractivity contribution in [2.75, 3.05) is 25.3 Å². The molecule has 0 saturated carbocycles. The summed E-state index contributed by atoms with van der Waals surface area (Å²) in [7, 11) is 3.18. The minimum Gasteiger partial charge on any atom is -0.497 e. The number of rotatable bonds is 5. The van der Waals surface area contributed by atoms with Crippen LogP contribution < -0.4 is 20.5 Å². The standard InChI is InChI=1S/C15H15N5O3.C2H6/c1-21-10-6-9(7-11(8-10)22-2)18-13-12(4-3-5-17-13)14-19-20-15(16)23-14;1-2/h3-8H,1-2H3,(H2,16,20)(H,17,18);1-2H3. The summed E-state index contributed by atoms with van der Waals surface area (Å²) >= 11 is 0. The normalized spacial score (nSPS) is 9.76. The van der Waals surface area contributed by atoms with Crippen molar-refractivity contribution in [3.63, 3.8) is 0 Å². The summed E-state index contributed by atoms with van der Waals surface area (Å²) < 4.78 is 15.8. The third-order valence-corrected chi connectivity index (χ3v) is 3.09. The average Bonchev–Trinajstić information content (AvgIpc) is 3.09. The van der Waals surface area contributed by atoms with Crippen LogP contribution in [0.1, 0.15) is 13.8 Å². The van der Waals surface area contributed by atoms with E-state index in [0.717, 1.165) is 5.69 Å². The van der Waals surface area contributed by atoms with Gasteiger partial charge in [-0.2, -0.15) is 0 Å². The molecule has 0 fully saturated rings. The number of nitrogens with zero attached hydrogens (tertiary/aromatic N) is 3. The van der Waals surface area contributed by atoms with E-state index in [2.05, 4.69) is 20.5 Å². The van der Waals surface area contributed by atoms with Gasteiger partial charge < -0.3 is 24.9 Å². The van der Waals surface area contributed by atoms with Crippen LogP contribution in [-0.4, -0.2) is 29.4 Å². The van der Waals surface area contributed by atoms with Gasteiger partial charge in [-0.3, -0.25) is 0 Å². The number of methoxy groups -OCH3 is 2. The summed E-state index contributed by atoms with van der Waals surface area (Å²) in [5.74, 6) is 2.15. The van der Waals surface area contributed by atoms with Crippen LogP contribution in [0.25, 0.3) is 11.5 Å². The van der Waals surface area contributed by atoms with Crippen molar-refractivity contribution >= 4 is 17.5 Å². The zero-order valence-corrected chi connectivity index (χ0v) is 14.6. The summed E-state index contributed by atoms with van der Waals surface area (Å²) in [4.78, 5) is 4.31. The molecule has 3 aromatic rings. The molecule has 3 rings (SSSR count). The Hall–Kier alpha value is -3.29. The summed E-state index contributed by atoms with van der Waals surface area (Å²) in [6, 6.07) is 9.00. The average molecular weight is 343 g/mol. The third kappa shape index (κ3) is 4.37. The van der Waals surface area contributed by atoms with Gasteiger partial charge in [-0.05, 0) is 12.1 Å². The fraction of sp³-hybridized carbons (Fsp3) is 0.235. The molecule has 0 aliphatic rings. The Kier molecular flexibility index (Phi) is 6.16. The predicted octanol–water partition coefficient (Wildman–Crippen LogP) is 3.50. The zero-order chi connectivity index (χ0) is 18.2. The van der Waals surface area contributed by atoms with Gasteiger partial charge >= 0.3 is 6.01 Å². The summed E-state index contributed by atoms with van der Waals surface area (Å²) in [6.45, 7) is 4.00. The number of nitrogens with two attached hydrogens (primary N) is 1. The first kappa shape index (κ1) is 18.1. The van der Waals surface area contributed by atoms with Crippen molar-refractivity contribution in [1.82, 2.24) is 15.2 Å². The number of nitrogen functional groups attached to an aromatic ring is 1. The molecule has 3 N–H and O–H groups in total. The van der Waals surface area contributed by atoms with Crippen LogP contribution in [0, 0.1) is 0 Å². The SMILES string of the molecule is CC.COc1cc(Nc2ncccc2-c2nnc(N)o2)cc(OC)c1.